The van der Waals surface area contributed by atoms with E-state index in [1.807, 2.05) is 0 Å². The molecule has 34 heavy (non-hydrogen) atoms. The summed E-state index contributed by atoms with van der Waals surface area (Å²) in [5.41, 5.74) is 2.04. The highest BCUT2D eigenvalue weighted by Gasteiger charge is 2.20. The van der Waals surface area contributed by atoms with Gasteiger partial charge in [0.25, 0.3) is 11.8 Å². The minimum Gasteiger partial charge on any atom is -0.393 e. The highest BCUT2D eigenvalue weighted by molar-refractivity contribution is 6.34. The molecule has 0 radical (unpaired) electrons. The normalized spacial score (nSPS) is 14.1. The molecule has 2 aromatic carbocycles. The van der Waals surface area contributed by atoms with Crippen LogP contribution in [0.2, 0.25) is 5.02 Å². The summed E-state index contributed by atoms with van der Waals surface area (Å²) in [6.07, 6.45) is 1.12. The number of pyridine rings is 1. The molecule has 0 saturated carbocycles. The van der Waals surface area contributed by atoms with Crippen molar-refractivity contribution in [2.24, 2.45) is 0 Å². The number of aromatic nitrogens is 1. The fourth-order valence-corrected chi connectivity index (χ4v) is 3.92. The zero-order chi connectivity index (χ0) is 24.2. The second kappa shape index (κ2) is 10.2. The van der Waals surface area contributed by atoms with Crippen LogP contribution in [0.15, 0.2) is 54.6 Å². The maximum atomic E-state index is 13.1. The number of rotatable bonds is 5. The first-order chi connectivity index (χ1) is 16.3. The lowest BCUT2D eigenvalue weighted by Crippen LogP contribution is -2.36. The van der Waals surface area contributed by atoms with E-state index in [1.165, 1.54) is 24.3 Å². The molecule has 176 valence electrons. The second-order valence-corrected chi connectivity index (χ2v) is 8.54. The van der Waals surface area contributed by atoms with Crippen molar-refractivity contribution in [1.29, 1.82) is 0 Å². The largest absolute Gasteiger partial charge is 0.393 e. The van der Waals surface area contributed by atoms with E-state index in [0.29, 0.717) is 40.5 Å². The second-order valence-electron chi connectivity index (χ2n) is 8.13. The van der Waals surface area contributed by atoms with Crippen LogP contribution in [-0.2, 0) is 0 Å². The zero-order valence-corrected chi connectivity index (χ0v) is 19.3. The van der Waals surface area contributed by atoms with E-state index in [0.717, 1.165) is 18.9 Å². The summed E-state index contributed by atoms with van der Waals surface area (Å²) >= 11 is 6.21. The van der Waals surface area contributed by atoms with Crippen molar-refractivity contribution >= 4 is 40.6 Å². The molecule has 0 spiro atoms. The number of carbonyl (C=O) groups is 2. The van der Waals surface area contributed by atoms with Gasteiger partial charge >= 0.3 is 0 Å². The molecule has 0 unspecified atom stereocenters. The highest BCUT2D eigenvalue weighted by atomic mass is 35.5. The molecule has 3 N–H and O–H groups in total. The molecule has 7 nitrogen and oxygen atoms in total. The van der Waals surface area contributed by atoms with Crippen LogP contribution in [-0.4, -0.2) is 41.1 Å². The SMILES string of the molecule is Cc1nc(N2CCC(O)CC2)ccc1C(=O)Nc1ccc(Cl)c(NC(=O)c2ccc(F)cc2)c1. The first-order valence-electron chi connectivity index (χ1n) is 10.9. The van der Waals surface area contributed by atoms with Crippen LogP contribution in [0.1, 0.15) is 39.3 Å². The van der Waals surface area contributed by atoms with E-state index in [1.54, 1.807) is 37.3 Å². The number of benzene rings is 2. The number of halogens is 2. The lowest BCUT2D eigenvalue weighted by molar-refractivity contribution is 0.101. The molecule has 0 atom stereocenters. The van der Waals surface area contributed by atoms with Gasteiger partial charge in [0, 0.05) is 24.3 Å². The van der Waals surface area contributed by atoms with E-state index < -0.39 is 11.7 Å². The Morgan fingerprint density at radius 2 is 1.74 bits per heavy atom. The predicted molar refractivity (Wildman–Crippen MR) is 130 cm³/mol. The number of aryl methyl sites for hydroxylation is 1. The van der Waals surface area contributed by atoms with Gasteiger partial charge in [-0.25, -0.2) is 9.37 Å². The zero-order valence-electron chi connectivity index (χ0n) is 18.5. The molecule has 0 bridgehead atoms. The van der Waals surface area contributed by atoms with Crippen LogP contribution < -0.4 is 15.5 Å². The lowest BCUT2D eigenvalue weighted by Gasteiger charge is -2.30. The summed E-state index contributed by atoms with van der Waals surface area (Å²) in [5, 5.41) is 15.5. The number of anilines is 3. The number of hydrogen-bond donors (Lipinski definition) is 3. The van der Waals surface area contributed by atoms with Crippen LogP contribution in [0, 0.1) is 12.7 Å². The Balaban J connectivity index is 1.45. The van der Waals surface area contributed by atoms with Crippen LogP contribution in [0.4, 0.5) is 21.6 Å². The topological polar surface area (TPSA) is 94.6 Å². The lowest BCUT2D eigenvalue weighted by atomic mass is 10.1. The van der Waals surface area contributed by atoms with Crippen LogP contribution in [0.5, 0.6) is 0 Å². The van der Waals surface area contributed by atoms with E-state index in [2.05, 4.69) is 20.5 Å². The molecule has 2 heterocycles. The average Bonchev–Trinajstić information content (AvgIpc) is 2.82. The third-order valence-electron chi connectivity index (χ3n) is 5.68. The maximum absolute atomic E-state index is 13.1. The summed E-state index contributed by atoms with van der Waals surface area (Å²) in [6, 6.07) is 13.4. The fraction of sp³-hybridized carbons (Fsp3) is 0.240. The quantitative estimate of drug-likeness (QED) is 0.492. The van der Waals surface area contributed by atoms with Crippen molar-refractivity contribution in [3.63, 3.8) is 0 Å². The summed E-state index contributed by atoms with van der Waals surface area (Å²) in [6.45, 7) is 3.21. The molecule has 1 aliphatic heterocycles. The highest BCUT2D eigenvalue weighted by Crippen LogP contribution is 2.27. The first-order valence-corrected chi connectivity index (χ1v) is 11.3. The van der Waals surface area contributed by atoms with Gasteiger partial charge in [0.15, 0.2) is 0 Å². The number of hydrogen-bond acceptors (Lipinski definition) is 5. The Labute approximate surface area is 201 Å². The molecule has 1 saturated heterocycles. The third-order valence-corrected chi connectivity index (χ3v) is 6.01. The predicted octanol–water partition coefficient (Wildman–Crippen LogP) is 4.65. The molecule has 0 aliphatic carbocycles. The average molecular weight is 483 g/mol. The van der Waals surface area contributed by atoms with Crippen molar-refractivity contribution in [2.45, 2.75) is 25.9 Å². The van der Waals surface area contributed by atoms with Crippen LogP contribution >= 0.6 is 11.6 Å². The minimum atomic E-state index is -0.453. The van der Waals surface area contributed by atoms with Crippen LogP contribution in [0.3, 0.4) is 0 Å². The smallest absolute Gasteiger partial charge is 0.257 e. The van der Waals surface area contributed by atoms with Gasteiger partial charge in [-0.3, -0.25) is 9.59 Å². The van der Waals surface area contributed by atoms with Crippen molar-refractivity contribution in [3.8, 4) is 0 Å². The molecular formula is C25H24ClFN4O3. The van der Waals surface area contributed by atoms with E-state index in [4.69, 9.17) is 11.6 Å². The van der Waals surface area contributed by atoms with Gasteiger partial charge in [0.2, 0.25) is 0 Å². The number of nitrogens with one attached hydrogen (secondary N) is 2. The van der Waals surface area contributed by atoms with Gasteiger partial charge in [-0.2, -0.15) is 0 Å². The van der Waals surface area contributed by atoms with Gasteiger partial charge in [0.05, 0.1) is 28.1 Å². The summed E-state index contributed by atoms with van der Waals surface area (Å²) in [7, 11) is 0. The standard InChI is InChI=1S/C25H24ClFN4O3/c1-15-20(7-9-23(28-15)31-12-10-19(32)11-13-31)25(34)29-18-6-8-21(26)22(14-18)30-24(33)16-2-4-17(27)5-3-16/h2-9,14,19,32H,10-13H2,1H3,(H,29,34)(H,30,33). The Kier molecular flexibility index (Phi) is 7.09. The molecule has 1 aliphatic rings. The number of carbonyl (C=O) groups excluding carboxylic acids is 2. The van der Waals surface area contributed by atoms with Crippen molar-refractivity contribution in [2.75, 3.05) is 28.6 Å². The van der Waals surface area contributed by atoms with Gasteiger partial charge in [-0.1, -0.05) is 11.6 Å². The van der Waals surface area contributed by atoms with E-state index in [-0.39, 0.29) is 17.6 Å². The summed E-state index contributed by atoms with van der Waals surface area (Å²) in [5.74, 6) is -0.458. The van der Waals surface area contributed by atoms with Crippen LogP contribution in [0.25, 0.3) is 0 Å². The number of nitrogens with zero attached hydrogens (tertiary/aromatic N) is 2. The third kappa shape index (κ3) is 5.52. The molecular weight excluding hydrogens is 459 g/mol. The number of amides is 2. The summed E-state index contributed by atoms with van der Waals surface area (Å²) in [4.78, 5) is 32.0. The van der Waals surface area contributed by atoms with Gasteiger partial charge in [-0.05, 0) is 74.4 Å². The molecule has 9 heteroatoms. The fourth-order valence-electron chi connectivity index (χ4n) is 3.75. The molecule has 1 aromatic heterocycles. The molecule has 1 fully saturated rings. The monoisotopic (exact) mass is 482 g/mol. The Hall–Kier alpha value is -3.49. The molecule has 2 amide bonds. The van der Waals surface area contributed by atoms with Gasteiger partial charge < -0.3 is 20.6 Å². The molecule has 4 rings (SSSR count). The van der Waals surface area contributed by atoms with Gasteiger partial charge in [-0.15, -0.1) is 0 Å². The maximum Gasteiger partial charge on any atom is 0.257 e. The number of piperidine rings is 1. The van der Waals surface area contributed by atoms with Crippen molar-refractivity contribution in [1.82, 2.24) is 4.98 Å². The first kappa shape index (κ1) is 23.7. The minimum absolute atomic E-state index is 0.271. The number of aliphatic hydroxyl groups is 1. The Morgan fingerprint density at radius 1 is 1.03 bits per heavy atom. The molecule has 3 aromatic rings. The Morgan fingerprint density at radius 3 is 2.41 bits per heavy atom. The number of aliphatic hydroxyl groups excluding tert-OH is 1. The van der Waals surface area contributed by atoms with E-state index in [9.17, 15) is 19.1 Å². The summed E-state index contributed by atoms with van der Waals surface area (Å²) < 4.78 is 13.1. The van der Waals surface area contributed by atoms with Gasteiger partial charge in [0.1, 0.15) is 11.6 Å². The van der Waals surface area contributed by atoms with E-state index >= 15 is 0 Å². The van der Waals surface area contributed by atoms with Crippen molar-refractivity contribution in [3.05, 3.63) is 82.3 Å². The Bertz CT molecular complexity index is 1210. The van der Waals surface area contributed by atoms with Crippen molar-refractivity contribution < 1.29 is 19.1 Å².